The van der Waals surface area contributed by atoms with Crippen LogP contribution < -0.4 is 10.6 Å². The molecule has 1 rings (SSSR count). The van der Waals surface area contributed by atoms with Gasteiger partial charge in [-0.25, -0.2) is 4.98 Å². The lowest BCUT2D eigenvalue weighted by Crippen LogP contribution is -2.35. The number of amides is 1. The first-order valence-electron chi connectivity index (χ1n) is 5.11. The van der Waals surface area contributed by atoms with E-state index in [2.05, 4.69) is 4.98 Å². The van der Waals surface area contributed by atoms with Crippen LogP contribution in [0, 0.1) is 0 Å². The van der Waals surface area contributed by atoms with E-state index >= 15 is 0 Å². The number of hydrogen-bond donors (Lipinski definition) is 1. The van der Waals surface area contributed by atoms with Crippen molar-refractivity contribution in [3.05, 3.63) is 23.9 Å². The molecule has 0 aromatic carbocycles. The predicted molar refractivity (Wildman–Crippen MR) is 64.1 cm³/mol. The van der Waals surface area contributed by atoms with E-state index in [4.69, 9.17) is 5.73 Å². The van der Waals surface area contributed by atoms with Crippen molar-refractivity contribution in [2.24, 2.45) is 5.73 Å². The average molecular weight is 222 g/mol. The zero-order chi connectivity index (χ0) is 12.1. The Balaban J connectivity index is 2.80. The van der Waals surface area contributed by atoms with Crippen LogP contribution in [0.2, 0.25) is 0 Å². The van der Waals surface area contributed by atoms with E-state index in [1.807, 2.05) is 24.1 Å². The van der Waals surface area contributed by atoms with Crippen LogP contribution in [0.15, 0.2) is 18.3 Å². The molecule has 1 aromatic heterocycles. The number of likely N-dealkylation sites (N-methyl/N-ethyl adjacent to an activating group) is 2. The van der Waals surface area contributed by atoms with Crippen LogP contribution in [0.4, 0.5) is 5.82 Å². The number of carbonyl (C=O) groups excluding carboxylic acids is 1. The summed E-state index contributed by atoms with van der Waals surface area (Å²) in [5, 5.41) is 0. The maximum Gasteiger partial charge on any atom is 0.241 e. The fourth-order valence-electron chi connectivity index (χ4n) is 1.35. The van der Waals surface area contributed by atoms with Gasteiger partial charge < -0.3 is 15.5 Å². The second kappa shape index (κ2) is 5.46. The summed E-state index contributed by atoms with van der Waals surface area (Å²) in [6, 6.07) is 3.76. The zero-order valence-corrected chi connectivity index (χ0v) is 9.97. The summed E-state index contributed by atoms with van der Waals surface area (Å²) in [5.41, 5.74) is 6.56. The molecule has 88 valence electrons. The van der Waals surface area contributed by atoms with Gasteiger partial charge in [0.2, 0.25) is 5.91 Å². The Morgan fingerprint density at radius 3 is 2.69 bits per heavy atom. The van der Waals surface area contributed by atoms with Gasteiger partial charge in [-0.15, -0.1) is 0 Å². The lowest BCUT2D eigenvalue weighted by Gasteiger charge is -2.21. The van der Waals surface area contributed by atoms with Crippen LogP contribution in [0.1, 0.15) is 5.56 Å². The number of hydrogen-bond acceptors (Lipinski definition) is 4. The molecular formula is C11H18N4O. The fourth-order valence-corrected chi connectivity index (χ4v) is 1.35. The zero-order valence-electron chi connectivity index (χ0n) is 9.97. The van der Waals surface area contributed by atoms with Crippen molar-refractivity contribution in [3.8, 4) is 0 Å². The third kappa shape index (κ3) is 2.93. The molecule has 0 unspecified atom stereocenters. The first kappa shape index (κ1) is 12.4. The van der Waals surface area contributed by atoms with Crippen LogP contribution >= 0.6 is 0 Å². The second-order valence-corrected chi connectivity index (χ2v) is 3.83. The van der Waals surface area contributed by atoms with Crippen molar-refractivity contribution >= 4 is 11.7 Å². The van der Waals surface area contributed by atoms with Crippen molar-refractivity contribution < 1.29 is 4.79 Å². The number of aromatic nitrogens is 1. The monoisotopic (exact) mass is 222 g/mol. The Morgan fingerprint density at radius 2 is 2.12 bits per heavy atom. The van der Waals surface area contributed by atoms with Gasteiger partial charge in [-0.3, -0.25) is 4.79 Å². The summed E-state index contributed by atoms with van der Waals surface area (Å²) in [5.74, 6) is 0.802. The minimum atomic E-state index is 0.0381. The van der Waals surface area contributed by atoms with Gasteiger partial charge in [0.1, 0.15) is 5.82 Å². The molecule has 0 saturated heterocycles. The molecule has 16 heavy (non-hydrogen) atoms. The van der Waals surface area contributed by atoms with Gasteiger partial charge in [-0.2, -0.15) is 0 Å². The van der Waals surface area contributed by atoms with Gasteiger partial charge >= 0.3 is 0 Å². The van der Waals surface area contributed by atoms with E-state index in [-0.39, 0.29) is 5.91 Å². The molecule has 0 radical (unpaired) electrons. The molecule has 0 aliphatic carbocycles. The Morgan fingerprint density at radius 1 is 1.44 bits per heavy atom. The molecule has 1 amide bonds. The van der Waals surface area contributed by atoms with E-state index in [1.54, 1.807) is 25.2 Å². The first-order valence-corrected chi connectivity index (χ1v) is 5.11. The minimum absolute atomic E-state index is 0.0381. The average Bonchev–Trinajstić information content (AvgIpc) is 2.28. The topological polar surface area (TPSA) is 62.5 Å². The van der Waals surface area contributed by atoms with Gasteiger partial charge in [0.25, 0.3) is 0 Å². The van der Waals surface area contributed by atoms with Gasteiger partial charge in [0.15, 0.2) is 0 Å². The standard InChI is InChI=1S/C11H18N4O/c1-14(2)10(16)8-15(3)11-9(7-12)5-4-6-13-11/h4-6H,7-8,12H2,1-3H3. The highest BCUT2D eigenvalue weighted by atomic mass is 16.2. The summed E-state index contributed by atoms with van der Waals surface area (Å²) in [6.07, 6.45) is 1.70. The molecule has 0 atom stereocenters. The van der Waals surface area contributed by atoms with E-state index in [1.165, 1.54) is 0 Å². The summed E-state index contributed by atoms with van der Waals surface area (Å²) in [7, 11) is 5.31. The van der Waals surface area contributed by atoms with E-state index in [0.29, 0.717) is 13.1 Å². The van der Waals surface area contributed by atoms with Crippen molar-refractivity contribution in [3.63, 3.8) is 0 Å². The Bertz CT molecular complexity index is 365. The van der Waals surface area contributed by atoms with E-state index in [9.17, 15) is 4.79 Å². The summed E-state index contributed by atoms with van der Waals surface area (Å²) in [4.78, 5) is 19.2. The summed E-state index contributed by atoms with van der Waals surface area (Å²) in [6.45, 7) is 0.723. The Labute approximate surface area is 95.9 Å². The Kier molecular flexibility index (Phi) is 4.25. The lowest BCUT2D eigenvalue weighted by molar-refractivity contribution is -0.127. The molecule has 0 aliphatic rings. The molecule has 0 spiro atoms. The van der Waals surface area contributed by atoms with Crippen LogP contribution in [0.3, 0.4) is 0 Å². The normalized spacial score (nSPS) is 10.0. The molecule has 2 N–H and O–H groups in total. The molecular weight excluding hydrogens is 204 g/mol. The van der Waals surface area contributed by atoms with Crippen LogP contribution in [0.5, 0.6) is 0 Å². The van der Waals surface area contributed by atoms with Gasteiger partial charge in [-0.1, -0.05) is 6.07 Å². The van der Waals surface area contributed by atoms with Crippen molar-refractivity contribution in [1.29, 1.82) is 0 Å². The first-order chi connectivity index (χ1) is 7.56. The van der Waals surface area contributed by atoms with Crippen molar-refractivity contribution in [2.75, 3.05) is 32.6 Å². The highest BCUT2D eigenvalue weighted by Gasteiger charge is 2.12. The fraction of sp³-hybridized carbons (Fsp3) is 0.455. The lowest BCUT2D eigenvalue weighted by atomic mass is 10.2. The number of carbonyl (C=O) groups is 1. The predicted octanol–water partition coefficient (Wildman–Crippen LogP) is 0.0647. The molecule has 5 nitrogen and oxygen atoms in total. The smallest absolute Gasteiger partial charge is 0.241 e. The summed E-state index contributed by atoms with van der Waals surface area (Å²) >= 11 is 0. The third-order valence-corrected chi connectivity index (χ3v) is 2.32. The van der Waals surface area contributed by atoms with Crippen LogP contribution in [-0.4, -0.2) is 43.5 Å². The van der Waals surface area contributed by atoms with Crippen molar-refractivity contribution in [1.82, 2.24) is 9.88 Å². The highest BCUT2D eigenvalue weighted by Crippen LogP contribution is 2.14. The SMILES string of the molecule is CN(C)C(=O)CN(C)c1ncccc1CN. The van der Waals surface area contributed by atoms with Crippen LogP contribution in [-0.2, 0) is 11.3 Å². The molecule has 0 aliphatic heterocycles. The number of pyridine rings is 1. The maximum atomic E-state index is 11.6. The molecule has 0 fully saturated rings. The van der Waals surface area contributed by atoms with Crippen LogP contribution in [0.25, 0.3) is 0 Å². The van der Waals surface area contributed by atoms with Gasteiger partial charge in [0, 0.05) is 39.4 Å². The molecule has 5 heteroatoms. The number of anilines is 1. The Hall–Kier alpha value is -1.62. The number of nitrogens with two attached hydrogens (primary N) is 1. The minimum Gasteiger partial charge on any atom is -0.350 e. The molecule has 1 heterocycles. The maximum absolute atomic E-state index is 11.6. The second-order valence-electron chi connectivity index (χ2n) is 3.83. The highest BCUT2D eigenvalue weighted by molar-refractivity contribution is 5.80. The molecule has 0 bridgehead atoms. The van der Waals surface area contributed by atoms with Crippen molar-refractivity contribution in [2.45, 2.75) is 6.54 Å². The third-order valence-electron chi connectivity index (χ3n) is 2.32. The quantitative estimate of drug-likeness (QED) is 0.782. The number of rotatable bonds is 4. The van der Waals surface area contributed by atoms with Gasteiger partial charge in [-0.05, 0) is 6.07 Å². The summed E-state index contributed by atoms with van der Waals surface area (Å²) < 4.78 is 0. The van der Waals surface area contributed by atoms with E-state index < -0.39 is 0 Å². The molecule has 1 aromatic rings. The number of nitrogens with zero attached hydrogens (tertiary/aromatic N) is 3. The van der Waals surface area contributed by atoms with Gasteiger partial charge in [0.05, 0.1) is 6.54 Å². The molecule has 0 saturated carbocycles. The largest absolute Gasteiger partial charge is 0.350 e. The van der Waals surface area contributed by atoms with E-state index in [0.717, 1.165) is 11.4 Å².